The highest BCUT2D eigenvalue weighted by molar-refractivity contribution is 5.38. The third-order valence-electron chi connectivity index (χ3n) is 9.23. The van der Waals surface area contributed by atoms with Crippen molar-refractivity contribution in [1.29, 1.82) is 0 Å². The average molecular weight is 551 g/mol. The topological polar surface area (TPSA) is 9.23 Å². The van der Waals surface area contributed by atoms with Crippen LogP contribution in [0.4, 0.5) is 22.0 Å². The van der Waals surface area contributed by atoms with E-state index < -0.39 is 29.1 Å². The summed E-state index contributed by atoms with van der Waals surface area (Å²) in [6.45, 7) is 2.25. The second-order valence-electron chi connectivity index (χ2n) is 11.9. The largest absolute Gasteiger partial charge is 0.454 e. The summed E-state index contributed by atoms with van der Waals surface area (Å²) in [7, 11) is 0. The molecule has 0 aliphatic heterocycles. The summed E-state index contributed by atoms with van der Waals surface area (Å²) in [4.78, 5) is 0. The van der Waals surface area contributed by atoms with Gasteiger partial charge in [0.15, 0.2) is 29.0 Å². The van der Waals surface area contributed by atoms with Crippen LogP contribution in [-0.2, 0) is 0 Å². The Hall–Kier alpha value is -2.11. The Labute approximate surface area is 230 Å². The highest BCUT2D eigenvalue weighted by Crippen LogP contribution is 2.46. The minimum atomic E-state index is -1.62. The van der Waals surface area contributed by atoms with Crippen LogP contribution < -0.4 is 4.74 Å². The van der Waals surface area contributed by atoms with Gasteiger partial charge in [0.25, 0.3) is 0 Å². The molecule has 0 radical (unpaired) electrons. The lowest BCUT2D eigenvalue weighted by Crippen LogP contribution is -2.26. The first kappa shape index (κ1) is 29.9. The molecule has 2 aliphatic carbocycles. The summed E-state index contributed by atoms with van der Waals surface area (Å²) in [6.07, 6.45) is 19.4. The van der Waals surface area contributed by atoms with E-state index in [0.29, 0.717) is 36.8 Å². The van der Waals surface area contributed by atoms with Crippen LogP contribution in [0.1, 0.15) is 121 Å². The molecule has 2 aromatic carbocycles. The Bertz CT molecular complexity index is 1030. The first-order valence-electron chi connectivity index (χ1n) is 15.2. The summed E-state index contributed by atoms with van der Waals surface area (Å²) in [5.74, 6) is -4.76. The monoisotopic (exact) mass is 550 g/mol. The quantitative estimate of drug-likeness (QED) is 0.145. The molecule has 2 saturated carbocycles. The van der Waals surface area contributed by atoms with Crippen molar-refractivity contribution >= 4 is 0 Å². The van der Waals surface area contributed by atoms with Gasteiger partial charge in [0, 0.05) is 17.7 Å². The number of hydrogen-bond acceptors (Lipinski definition) is 1. The number of halogens is 5. The van der Waals surface area contributed by atoms with E-state index in [0.717, 1.165) is 30.9 Å². The van der Waals surface area contributed by atoms with Crippen molar-refractivity contribution in [3.63, 3.8) is 0 Å². The molecule has 0 N–H and O–H groups in total. The predicted molar refractivity (Wildman–Crippen MR) is 146 cm³/mol. The van der Waals surface area contributed by atoms with Crippen LogP contribution in [0, 0.1) is 46.8 Å². The number of unbranched alkanes of at least 4 members (excludes halogenated alkanes) is 6. The van der Waals surface area contributed by atoms with E-state index in [2.05, 4.69) is 6.92 Å². The fraction of sp³-hybridized carbons (Fsp3) is 0.636. The summed E-state index contributed by atoms with van der Waals surface area (Å²) in [6, 6.07) is 3.53. The second kappa shape index (κ2) is 14.5. The van der Waals surface area contributed by atoms with Crippen LogP contribution in [0.5, 0.6) is 11.5 Å². The highest BCUT2D eigenvalue weighted by Gasteiger charge is 2.33. The molecule has 216 valence electrons. The van der Waals surface area contributed by atoms with Gasteiger partial charge in [-0.1, -0.05) is 71.1 Å². The zero-order valence-corrected chi connectivity index (χ0v) is 23.2. The lowest BCUT2D eigenvalue weighted by molar-refractivity contribution is 0.154. The molecule has 0 spiro atoms. The maximum atomic E-state index is 15.4. The molecule has 39 heavy (non-hydrogen) atoms. The standard InChI is InChI=1S/C33H43F5O/c1-2-3-4-5-6-7-8-9-22-10-12-23(13-11-22)24-14-16-25(17-15-24)31-27(34)18-19-30(33(31)38)39-26-20-28(35)32(37)29(36)21-26/h18-25H,2-17H2,1H3. The van der Waals surface area contributed by atoms with Crippen molar-refractivity contribution in [2.45, 2.75) is 116 Å². The van der Waals surface area contributed by atoms with E-state index in [1.807, 2.05) is 0 Å². The molecule has 2 fully saturated rings. The molecular formula is C33H43F5O. The SMILES string of the molecule is CCCCCCCCCC1CCC(C2CCC(c3c(F)ccc(Oc4cc(F)c(F)c(F)c4)c3F)CC2)CC1. The fourth-order valence-corrected chi connectivity index (χ4v) is 6.94. The first-order chi connectivity index (χ1) is 18.9. The Morgan fingerprint density at radius 2 is 1.21 bits per heavy atom. The van der Waals surface area contributed by atoms with Crippen molar-refractivity contribution in [2.75, 3.05) is 0 Å². The van der Waals surface area contributed by atoms with E-state index in [-0.39, 0.29) is 23.0 Å². The van der Waals surface area contributed by atoms with Gasteiger partial charge in [-0.3, -0.25) is 0 Å². The molecule has 6 heteroatoms. The summed E-state index contributed by atoms with van der Waals surface area (Å²) in [5.41, 5.74) is -0.0209. The normalized spacial score (nSPS) is 23.6. The molecule has 2 aromatic rings. The summed E-state index contributed by atoms with van der Waals surface area (Å²) < 4.78 is 75.8. The van der Waals surface area contributed by atoms with E-state index in [1.54, 1.807) is 0 Å². The molecule has 1 nitrogen and oxygen atoms in total. The van der Waals surface area contributed by atoms with E-state index in [1.165, 1.54) is 77.0 Å². The molecule has 0 atom stereocenters. The Balaban J connectivity index is 1.25. The zero-order chi connectivity index (χ0) is 27.8. The smallest absolute Gasteiger partial charge is 0.194 e. The lowest BCUT2D eigenvalue weighted by atomic mass is 9.68. The van der Waals surface area contributed by atoms with Crippen molar-refractivity contribution in [1.82, 2.24) is 0 Å². The first-order valence-corrected chi connectivity index (χ1v) is 15.2. The third-order valence-corrected chi connectivity index (χ3v) is 9.23. The molecule has 0 aromatic heterocycles. The second-order valence-corrected chi connectivity index (χ2v) is 11.9. The van der Waals surface area contributed by atoms with Gasteiger partial charge in [0.2, 0.25) is 0 Å². The van der Waals surface area contributed by atoms with Crippen molar-refractivity contribution in [3.05, 3.63) is 58.9 Å². The van der Waals surface area contributed by atoms with Crippen molar-refractivity contribution < 1.29 is 26.7 Å². The molecule has 2 aliphatic rings. The predicted octanol–water partition coefficient (Wildman–Crippen LogP) is 11.4. The minimum absolute atomic E-state index is 0.0209. The number of ether oxygens (including phenoxy) is 1. The van der Waals surface area contributed by atoms with Crippen LogP contribution in [-0.4, -0.2) is 0 Å². The Morgan fingerprint density at radius 1 is 0.641 bits per heavy atom. The van der Waals surface area contributed by atoms with Crippen LogP contribution >= 0.6 is 0 Å². The van der Waals surface area contributed by atoms with Gasteiger partial charge in [-0.2, -0.15) is 0 Å². The molecule has 0 bridgehead atoms. The molecule has 0 amide bonds. The van der Waals surface area contributed by atoms with Gasteiger partial charge in [0.05, 0.1) is 0 Å². The lowest BCUT2D eigenvalue weighted by Gasteiger charge is -2.38. The van der Waals surface area contributed by atoms with Gasteiger partial charge in [-0.15, -0.1) is 0 Å². The molecule has 0 saturated heterocycles. The number of rotatable bonds is 12. The molecule has 0 heterocycles. The molecule has 4 rings (SSSR count). The van der Waals surface area contributed by atoms with Crippen LogP contribution in [0.25, 0.3) is 0 Å². The third kappa shape index (κ3) is 7.98. The van der Waals surface area contributed by atoms with Crippen molar-refractivity contribution in [2.24, 2.45) is 17.8 Å². The van der Waals surface area contributed by atoms with E-state index in [4.69, 9.17) is 4.74 Å². The van der Waals surface area contributed by atoms with E-state index in [9.17, 15) is 17.6 Å². The van der Waals surface area contributed by atoms with Crippen molar-refractivity contribution in [3.8, 4) is 11.5 Å². The van der Waals surface area contributed by atoms with Crippen LogP contribution in [0.3, 0.4) is 0 Å². The van der Waals surface area contributed by atoms with E-state index >= 15 is 4.39 Å². The van der Waals surface area contributed by atoms with Gasteiger partial charge in [-0.25, -0.2) is 22.0 Å². The highest BCUT2D eigenvalue weighted by atomic mass is 19.2. The Kier molecular flexibility index (Phi) is 11.1. The Morgan fingerprint density at radius 3 is 1.82 bits per heavy atom. The minimum Gasteiger partial charge on any atom is -0.454 e. The maximum absolute atomic E-state index is 15.4. The van der Waals surface area contributed by atoms with Gasteiger partial charge in [0.1, 0.15) is 11.6 Å². The maximum Gasteiger partial charge on any atom is 0.194 e. The zero-order valence-electron chi connectivity index (χ0n) is 23.2. The number of hydrogen-bond donors (Lipinski definition) is 0. The van der Waals surface area contributed by atoms with Gasteiger partial charge in [-0.05, 0) is 74.3 Å². The van der Waals surface area contributed by atoms with Gasteiger partial charge >= 0.3 is 0 Å². The summed E-state index contributed by atoms with van der Waals surface area (Å²) >= 11 is 0. The van der Waals surface area contributed by atoms with Crippen LogP contribution in [0.2, 0.25) is 0 Å². The van der Waals surface area contributed by atoms with Gasteiger partial charge < -0.3 is 4.74 Å². The molecule has 0 unspecified atom stereocenters. The fourth-order valence-electron chi connectivity index (χ4n) is 6.94. The average Bonchev–Trinajstić information content (AvgIpc) is 2.93. The molecular weight excluding hydrogens is 507 g/mol. The summed E-state index contributed by atoms with van der Waals surface area (Å²) in [5, 5.41) is 0. The number of benzene rings is 2. The van der Waals surface area contributed by atoms with Crippen LogP contribution in [0.15, 0.2) is 24.3 Å².